The van der Waals surface area contributed by atoms with E-state index >= 15 is 0 Å². The van der Waals surface area contributed by atoms with Crippen LogP contribution >= 0.6 is 23.2 Å². The fraction of sp³-hybridized carbons (Fsp3) is 0.148. The lowest BCUT2D eigenvalue weighted by atomic mass is 9.88. The molecule has 11 heteroatoms. The standard InChI is InChI=1S/C27H18Cl2N4O5/c28-15-6-12-20(18(29)13-15)32-26(35)22-21-11-5-14-3-1-2-4-19(14)31(21)24(23(22)27(32)36)25(34)30-16-7-9-17(10-8-16)33(37)38/h1-13,21-24H,(H,30,34). The summed E-state index contributed by atoms with van der Waals surface area (Å²) >= 11 is 12.4. The maximum absolute atomic E-state index is 13.9. The van der Waals surface area contributed by atoms with Gasteiger partial charge in [-0.1, -0.05) is 53.6 Å². The molecular formula is C27H18Cl2N4O5. The Labute approximate surface area is 226 Å². The first kappa shape index (κ1) is 24.1. The number of halogens is 2. The average molecular weight is 549 g/mol. The second kappa shape index (κ2) is 8.97. The number of non-ortho nitro benzene ring substituents is 1. The van der Waals surface area contributed by atoms with Gasteiger partial charge in [0.15, 0.2) is 0 Å². The maximum atomic E-state index is 13.9. The maximum Gasteiger partial charge on any atom is 0.269 e. The number of nitro benzene ring substituents is 1. The number of anilines is 3. The lowest BCUT2D eigenvalue weighted by Crippen LogP contribution is -2.50. The fourth-order valence-corrected chi connectivity index (χ4v) is 6.09. The fourth-order valence-electron chi connectivity index (χ4n) is 5.60. The molecular weight excluding hydrogens is 531 g/mol. The molecule has 38 heavy (non-hydrogen) atoms. The highest BCUT2D eigenvalue weighted by molar-refractivity contribution is 6.38. The van der Waals surface area contributed by atoms with Crippen molar-refractivity contribution in [3.05, 3.63) is 98.5 Å². The number of rotatable bonds is 4. The highest BCUT2D eigenvalue weighted by Gasteiger charge is 2.64. The van der Waals surface area contributed by atoms with Crippen LogP contribution in [0.5, 0.6) is 0 Å². The number of benzene rings is 3. The second-order valence-corrected chi connectivity index (χ2v) is 10.1. The van der Waals surface area contributed by atoms with E-state index in [1.165, 1.54) is 36.4 Å². The van der Waals surface area contributed by atoms with Crippen LogP contribution in [0.1, 0.15) is 5.56 Å². The summed E-state index contributed by atoms with van der Waals surface area (Å²) in [6, 6.07) is 15.8. The monoisotopic (exact) mass is 548 g/mol. The molecule has 3 aliphatic rings. The Morgan fingerprint density at radius 3 is 2.34 bits per heavy atom. The van der Waals surface area contributed by atoms with Gasteiger partial charge in [-0.2, -0.15) is 0 Å². The topological polar surface area (TPSA) is 113 Å². The zero-order valence-electron chi connectivity index (χ0n) is 19.5. The van der Waals surface area contributed by atoms with E-state index < -0.39 is 46.6 Å². The van der Waals surface area contributed by atoms with E-state index in [-0.39, 0.29) is 16.4 Å². The number of imide groups is 1. The minimum atomic E-state index is -1.03. The second-order valence-electron chi connectivity index (χ2n) is 9.21. The first-order valence-corrected chi connectivity index (χ1v) is 12.5. The van der Waals surface area contributed by atoms with Crippen molar-refractivity contribution >= 4 is 69.7 Å². The predicted molar refractivity (Wildman–Crippen MR) is 143 cm³/mol. The van der Waals surface area contributed by atoms with Gasteiger partial charge in [0.2, 0.25) is 17.7 Å². The number of carbonyl (C=O) groups excluding carboxylic acids is 3. The van der Waals surface area contributed by atoms with E-state index in [4.69, 9.17) is 23.2 Å². The lowest BCUT2D eigenvalue weighted by molar-refractivity contribution is -0.384. The average Bonchev–Trinajstić information content (AvgIpc) is 3.37. The molecule has 3 aliphatic heterocycles. The van der Waals surface area contributed by atoms with Crippen molar-refractivity contribution in [2.45, 2.75) is 12.1 Å². The van der Waals surface area contributed by atoms with Gasteiger partial charge in [0.1, 0.15) is 6.04 Å². The van der Waals surface area contributed by atoms with Gasteiger partial charge < -0.3 is 10.2 Å². The molecule has 2 saturated heterocycles. The summed E-state index contributed by atoms with van der Waals surface area (Å²) < 4.78 is 0. The molecule has 0 bridgehead atoms. The Morgan fingerprint density at radius 2 is 1.63 bits per heavy atom. The zero-order valence-corrected chi connectivity index (χ0v) is 21.0. The highest BCUT2D eigenvalue weighted by atomic mass is 35.5. The number of fused-ring (bicyclic) bond motifs is 5. The minimum Gasteiger partial charge on any atom is -0.351 e. The van der Waals surface area contributed by atoms with Crippen LogP contribution in [0.3, 0.4) is 0 Å². The van der Waals surface area contributed by atoms with E-state index in [2.05, 4.69) is 5.32 Å². The predicted octanol–water partition coefficient (Wildman–Crippen LogP) is 4.93. The molecule has 1 N–H and O–H groups in total. The van der Waals surface area contributed by atoms with Gasteiger partial charge in [0.05, 0.1) is 33.5 Å². The molecule has 3 amide bonds. The smallest absolute Gasteiger partial charge is 0.269 e. The van der Waals surface area contributed by atoms with Crippen LogP contribution in [0.4, 0.5) is 22.7 Å². The summed E-state index contributed by atoms with van der Waals surface area (Å²) in [6.45, 7) is 0. The molecule has 0 aromatic heterocycles. The Kier molecular flexibility index (Phi) is 5.70. The molecule has 6 rings (SSSR count). The van der Waals surface area contributed by atoms with Crippen molar-refractivity contribution in [1.82, 2.24) is 0 Å². The number of nitrogens with one attached hydrogen (secondary N) is 1. The summed E-state index contributed by atoms with van der Waals surface area (Å²) in [4.78, 5) is 54.8. The van der Waals surface area contributed by atoms with Crippen LogP contribution in [0, 0.1) is 22.0 Å². The summed E-state index contributed by atoms with van der Waals surface area (Å²) in [5.74, 6) is -3.31. The van der Waals surface area contributed by atoms with Crippen molar-refractivity contribution in [2.75, 3.05) is 15.1 Å². The number of amides is 3. The Bertz CT molecular complexity index is 1560. The van der Waals surface area contributed by atoms with Gasteiger partial charge in [-0.25, -0.2) is 4.90 Å². The number of nitro groups is 1. The van der Waals surface area contributed by atoms with Crippen molar-refractivity contribution in [3.63, 3.8) is 0 Å². The summed E-state index contributed by atoms with van der Waals surface area (Å²) in [7, 11) is 0. The molecule has 2 fully saturated rings. The number of para-hydroxylation sites is 1. The Hall–Kier alpha value is -4.21. The lowest BCUT2D eigenvalue weighted by Gasteiger charge is -2.36. The number of nitrogens with zero attached hydrogens (tertiary/aromatic N) is 3. The zero-order chi connectivity index (χ0) is 26.7. The summed E-state index contributed by atoms with van der Waals surface area (Å²) in [5.41, 5.74) is 2.01. The van der Waals surface area contributed by atoms with Crippen molar-refractivity contribution in [1.29, 1.82) is 0 Å². The van der Waals surface area contributed by atoms with E-state index in [0.717, 1.165) is 16.2 Å². The molecule has 4 unspecified atom stereocenters. The van der Waals surface area contributed by atoms with Crippen LogP contribution < -0.4 is 15.1 Å². The van der Waals surface area contributed by atoms with Gasteiger partial charge in [-0.15, -0.1) is 0 Å². The SMILES string of the molecule is O=C(Nc1ccc([N+](=O)[O-])cc1)C1C2C(=O)N(c3ccc(Cl)cc3Cl)C(=O)C2C2C=Cc3ccccc3N21. The van der Waals surface area contributed by atoms with Crippen LogP contribution in [0.25, 0.3) is 6.08 Å². The van der Waals surface area contributed by atoms with Gasteiger partial charge in [0.25, 0.3) is 5.69 Å². The van der Waals surface area contributed by atoms with Crippen LogP contribution in [-0.2, 0) is 14.4 Å². The summed E-state index contributed by atoms with van der Waals surface area (Å²) in [6.07, 6.45) is 3.73. The largest absolute Gasteiger partial charge is 0.351 e. The molecule has 4 atom stereocenters. The third kappa shape index (κ3) is 3.66. The molecule has 3 heterocycles. The van der Waals surface area contributed by atoms with Crippen molar-refractivity contribution < 1.29 is 19.3 Å². The first-order valence-electron chi connectivity index (χ1n) is 11.7. The summed E-state index contributed by atoms with van der Waals surface area (Å²) in [5, 5.41) is 14.3. The molecule has 0 saturated carbocycles. The number of carbonyl (C=O) groups is 3. The quantitative estimate of drug-likeness (QED) is 0.281. The van der Waals surface area contributed by atoms with Crippen LogP contribution in [0.15, 0.2) is 72.8 Å². The molecule has 0 aliphatic carbocycles. The van der Waals surface area contributed by atoms with Crippen molar-refractivity contribution in [2.24, 2.45) is 11.8 Å². The molecule has 3 aromatic carbocycles. The minimum absolute atomic E-state index is 0.119. The van der Waals surface area contributed by atoms with Gasteiger partial charge >= 0.3 is 0 Å². The van der Waals surface area contributed by atoms with Gasteiger partial charge in [0, 0.05) is 28.5 Å². The number of hydrogen-bond donors (Lipinski definition) is 1. The Morgan fingerprint density at radius 1 is 0.921 bits per heavy atom. The van der Waals surface area contributed by atoms with Crippen molar-refractivity contribution in [3.8, 4) is 0 Å². The van der Waals surface area contributed by atoms with E-state index in [1.54, 1.807) is 6.07 Å². The van der Waals surface area contributed by atoms with Gasteiger partial charge in [-0.3, -0.25) is 24.5 Å². The normalized spacial score (nSPS) is 23.2. The van der Waals surface area contributed by atoms with Gasteiger partial charge in [-0.05, 0) is 42.0 Å². The van der Waals surface area contributed by atoms with E-state index in [0.29, 0.717) is 10.7 Å². The highest BCUT2D eigenvalue weighted by Crippen LogP contribution is 2.50. The van der Waals surface area contributed by atoms with Crippen LogP contribution in [0.2, 0.25) is 10.0 Å². The number of hydrogen-bond acceptors (Lipinski definition) is 6. The first-order chi connectivity index (χ1) is 18.3. The molecule has 9 nitrogen and oxygen atoms in total. The molecule has 190 valence electrons. The Balaban J connectivity index is 1.42. The van der Waals surface area contributed by atoms with E-state index in [9.17, 15) is 24.5 Å². The molecule has 3 aromatic rings. The third-order valence-corrected chi connectivity index (χ3v) is 7.72. The third-order valence-electron chi connectivity index (χ3n) is 7.18. The van der Waals surface area contributed by atoms with Crippen LogP contribution in [-0.4, -0.2) is 34.7 Å². The molecule has 0 radical (unpaired) electrons. The molecule has 0 spiro atoms. The van der Waals surface area contributed by atoms with E-state index in [1.807, 2.05) is 41.3 Å².